The van der Waals surface area contributed by atoms with Crippen molar-refractivity contribution in [2.45, 2.75) is 112 Å². The van der Waals surface area contributed by atoms with E-state index in [1.807, 2.05) is 6.92 Å². The van der Waals surface area contributed by atoms with Gasteiger partial charge in [0, 0.05) is 6.08 Å². The van der Waals surface area contributed by atoms with E-state index in [0.29, 0.717) is 40.1 Å². The fraction of sp³-hybridized carbons (Fsp3) is 0.900. The van der Waals surface area contributed by atoms with Gasteiger partial charge in [0.25, 0.3) is 0 Å². The number of esters is 1. The largest absolute Gasteiger partial charge is 0.463 e. The second-order valence-electron chi connectivity index (χ2n) is 13.9. The molecule has 5 saturated carbocycles. The van der Waals surface area contributed by atoms with E-state index in [4.69, 9.17) is 4.74 Å². The molecular weight excluding hydrogens is 408 g/mol. The lowest BCUT2D eigenvalue weighted by atomic mass is 9.42. The average molecular weight is 457 g/mol. The van der Waals surface area contributed by atoms with Crippen LogP contribution in [0.25, 0.3) is 0 Å². The number of hydrogen-bond donors (Lipinski definition) is 1. The van der Waals surface area contributed by atoms with E-state index in [1.165, 1.54) is 51.4 Å². The van der Waals surface area contributed by atoms with Gasteiger partial charge < -0.3 is 9.84 Å². The summed E-state index contributed by atoms with van der Waals surface area (Å²) in [6.45, 7) is 14.8. The quantitative estimate of drug-likeness (QED) is 0.360. The molecule has 1 N–H and O–H groups in total. The molecule has 9 atom stereocenters. The first-order valence-electron chi connectivity index (χ1n) is 14.0. The minimum atomic E-state index is -0.205. The summed E-state index contributed by atoms with van der Waals surface area (Å²) < 4.78 is 5.07. The van der Waals surface area contributed by atoms with Crippen LogP contribution in [0.4, 0.5) is 0 Å². The molecule has 5 rings (SSSR count). The van der Waals surface area contributed by atoms with E-state index in [2.05, 4.69) is 40.7 Å². The van der Waals surface area contributed by atoms with Crippen molar-refractivity contribution in [1.29, 1.82) is 0 Å². The summed E-state index contributed by atoms with van der Waals surface area (Å²) in [4.78, 5) is 11.7. The van der Waals surface area contributed by atoms with Crippen LogP contribution in [0.1, 0.15) is 106 Å². The summed E-state index contributed by atoms with van der Waals surface area (Å²) in [6.07, 6.45) is 16.5. The van der Waals surface area contributed by atoms with Crippen molar-refractivity contribution in [3.8, 4) is 0 Å². The molecule has 0 bridgehead atoms. The Morgan fingerprint density at radius 2 is 1.67 bits per heavy atom. The lowest BCUT2D eigenvalue weighted by molar-refractivity contribution is -0.161. The van der Waals surface area contributed by atoms with Gasteiger partial charge in [-0.3, -0.25) is 0 Å². The SMILES string of the molecule is CCOC(=O)/C=C\C[C@@H](C)[C@H]1CC[C@@]2(C)[C@@H]3CC[C@H]4C(C)(C)[C@@H](O)CC[C@@]45C[C@@]35CC[C@]12C. The normalized spacial score (nSPS) is 50.6. The zero-order valence-corrected chi connectivity index (χ0v) is 22.1. The van der Waals surface area contributed by atoms with Gasteiger partial charge in [0.15, 0.2) is 0 Å². The van der Waals surface area contributed by atoms with Crippen LogP contribution in [0.5, 0.6) is 0 Å². The molecule has 0 saturated heterocycles. The van der Waals surface area contributed by atoms with E-state index in [-0.39, 0.29) is 17.5 Å². The molecule has 0 heterocycles. The summed E-state index contributed by atoms with van der Waals surface area (Å²) in [7, 11) is 0. The molecule has 0 aromatic rings. The van der Waals surface area contributed by atoms with Crippen LogP contribution in [0.15, 0.2) is 12.2 Å². The van der Waals surface area contributed by atoms with Gasteiger partial charge in [-0.2, -0.15) is 0 Å². The molecule has 3 nitrogen and oxygen atoms in total. The molecule has 33 heavy (non-hydrogen) atoms. The van der Waals surface area contributed by atoms with Crippen molar-refractivity contribution in [3.05, 3.63) is 12.2 Å². The molecule has 2 spiro atoms. The molecule has 0 unspecified atom stereocenters. The Morgan fingerprint density at radius 1 is 0.970 bits per heavy atom. The van der Waals surface area contributed by atoms with E-state index < -0.39 is 0 Å². The van der Waals surface area contributed by atoms with Crippen molar-refractivity contribution in [2.24, 2.45) is 50.7 Å². The summed E-state index contributed by atoms with van der Waals surface area (Å²) >= 11 is 0. The Bertz CT molecular complexity index is 830. The first-order chi connectivity index (χ1) is 15.5. The third kappa shape index (κ3) is 2.99. The second kappa shape index (κ2) is 7.58. The molecule has 5 aliphatic carbocycles. The highest BCUT2D eigenvalue weighted by atomic mass is 16.5. The summed E-state index contributed by atoms with van der Waals surface area (Å²) in [6, 6.07) is 0. The number of ether oxygens (including phenoxy) is 1. The molecule has 0 aliphatic heterocycles. The average Bonchev–Trinajstić information content (AvgIpc) is 3.34. The highest BCUT2D eigenvalue weighted by molar-refractivity contribution is 5.81. The standard InChI is InChI=1S/C30H48O3/c1-7-33-25(32)10-8-9-20(2)21-13-15-28(6)23-12-11-22-26(3,4)24(31)14-16-29(22)19-30(23,29)18-17-27(21,28)5/h8,10,20-24,31H,7,9,11-19H2,1-6H3/b10-8-/t20-,21-,22+,23+,24+,27-,28+,29-,30+/m1/s1. The van der Waals surface area contributed by atoms with Gasteiger partial charge in [0.1, 0.15) is 0 Å². The number of rotatable bonds is 5. The van der Waals surface area contributed by atoms with Gasteiger partial charge in [0.05, 0.1) is 12.7 Å². The van der Waals surface area contributed by atoms with Gasteiger partial charge in [-0.25, -0.2) is 4.79 Å². The predicted molar refractivity (Wildman–Crippen MR) is 132 cm³/mol. The van der Waals surface area contributed by atoms with Crippen LogP contribution in [0.2, 0.25) is 0 Å². The van der Waals surface area contributed by atoms with Crippen molar-refractivity contribution in [3.63, 3.8) is 0 Å². The summed E-state index contributed by atoms with van der Waals surface area (Å²) in [5.74, 6) is 2.71. The van der Waals surface area contributed by atoms with Crippen LogP contribution in [0, 0.1) is 50.7 Å². The Balaban J connectivity index is 1.36. The third-order valence-corrected chi connectivity index (χ3v) is 12.9. The van der Waals surface area contributed by atoms with E-state index in [9.17, 15) is 9.90 Å². The van der Waals surface area contributed by atoms with Gasteiger partial charge in [0.2, 0.25) is 0 Å². The number of carbonyl (C=O) groups is 1. The topological polar surface area (TPSA) is 46.5 Å². The molecule has 0 aromatic carbocycles. The molecule has 0 radical (unpaired) electrons. The lowest BCUT2D eigenvalue weighted by Gasteiger charge is -2.63. The van der Waals surface area contributed by atoms with Crippen molar-refractivity contribution in [1.82, 2.24) is 0 Å². The number of carbonyl (C=O) groups excluding carboxylic acids is 1. The van der Waals surface area contributed by atoms with Gasteiger partial charge in [-0.05, 0) is 122 Å². The fourth-order valence-electron chi connectivity index (χ4n) is 11.0. The molecule has 0 aromatic heterocycles. The van der Waals surface area contributed by atoms with E-state index >= 15 is 0 Å². The van der Waals surface area contributed by atoms with Crippen LogP contribution < -0.4 is 0 Å². The first-order valence-corrected chi connectivity index (χ1v) is 14.0. The maximum atomic E-state index is 11.7. The minimum Gasteiger partial charge on any atom is -0.463 e. The lowest BCUT2D eigenvalue weighted by Crippen LogP contribution is -2.57. The first kappa shape index (κ1) is 23.9. The number of hydrogen-bond acceptors (Lipinski definition) is 3. The van der Waals surface area contributed by atoms with Crippen molar-refractivity contribution in [2.75, 3.05) is 6.61 Å². The Morgan fingerprint density at radius 3 is 2.39 bits per heavy atom. The zero-order valence-electron chi connectivity index (χ0n) is 22.1. The predicted octanol–water partition coefficient (Wildman–Crippen LogP) is 6.93. The van der Waals surface area contributed by atoms with Crippen LogP contribution >= 0.6 is 0 Å². The summed E-state index contributed by atoms with van der Waals surface area (Å²) in [5, 5.41) is 10.8. The highest BCUT2D eigenvalue weighted by Crippen LogP contribution is 2.89. The summed E-state index contributed by atoms with van der Waals surface area (Å²) in [5.41, 5.74) is 2.00. The number of aliphatic hydroxyl groups is 1. The van der Waals surface area contributed by atoms with Crippen LogP contribution in [-0.4, -0.2) is 23.8 Å². The monoisotopic (exact) mass is 456 g/mol. The van der Waals surface area contributed by atoms with Crippen LogP contribution in [-0.2, 0) is 9.53 Å². The highest BCUT2D eigenvalue weighted by Gasteiger charge is 2.82. The van der Waals surface area contributed by atoms with Crippen LogP contribution in [0.3, 0.4) is 0 Å². The Hall–Kier alpha value is -0.830. The Labute approximate surface area is 202 Å². The van der Waals surface area contributed by atoms with Gasteiger partial charge in [-0.1, -0.05) is 40.7 Å². The van der Waals surface area contributed by atoms with E-state index in [0.717, 1.165) is 24.7 Å². The molecule has 5 fully saturated rings. The number of aliphatic hydroxyl groups excluding tert-OH is 1. The maximum absolute atomic E-state index is 11.7. The smallest absolute Gasteiger partial charge is 0.330 e. The molecular formula is C30H48O3. The Kier molecular flexibility index (Phi) is 5.49. The van der Waals surface area contributed by atoms with Crippen molar-refractivity contribution < 1.29 is 14.6 Å². The minimum absolute atomic E-state index is 0.0758. The molecule has 186 valence electrons. The van der Waals surface area contributed by atoms with E-state index in [1.54, 1.807) is 6.08 Å². The third-order valence-electron chi connectivity index (χ3n) is 12.9. The molecule has 3 heteroatoms. The second-order valence-corrected chi connectivity index (χ2v) is 13.9. The number of fused-ring (bicyclic) bond motifs is 2. The molecule has 5 aliphatic rings. The fourth-order valence-corrected chi connectivity index (χ4v) is 11.0. The maximum Gasteiger partial charge on any atom is 0.330 e. The number of allylic oxidation sites excluding steroid dienone is 1. The van der Waals surface area contributed by atoms with Gasteiger partial charge in [-0.15, -0.1) is 0 Å². The van der Waals surface area contributed by atoms with Gasteiger partial charge >= 0.3 is 5.97 Å². The van der Waals surface area contributed by atoms with Crippen molar-refractivity contribution >= 4 is 5.97 Å². The molecule has 0 amide bonds. The zero-order chi connectivity index (χ0) is 23.9.